The molecule has 1 N–H and O–H groups in total. The van der Waals surface area contributed by atoms with Crippen LogP contribution in [0.1, 0.15) is 63.0 Å². The summed E-state index contributed by atoms with van der Waals surface area (Å²) in [5.74, 6) is 0.758. The van der Waals surface area contributed by atoms with Crippen LogP contribution < -0.4 is 10.1 Å². The molecule has 1 saturated carbocycles. The number of carbonyl (C=O) groups is 2. The van der Waals surface area contributed by atoms with Crippen molar-refractivity contribution in [2.24, 2.45) is 0 Å². The first-order valence-electron chi connectivity index (χ1n) is 11.9. The molecular formula is C27H36N2O3. The summed E-state index contributed by atoms with van der Waals surface area (Å²) in [7, 11) is 1.64. The third kappa shape index (κ3) is 6.84. The molecule has 1 fully saturated rings. The Balaban J connectivity index is 1.74. The molecule has 1 atom stereocenters. The number of benzene rings is 2. The average Bonchev–Trinajstić information content (AvgIpc) is 2.84. The van der Waals surface area contributed by atoms with Crippen LogP contribution in [0.2, 0.25) is 0 Å². The van der Waals surface area contributed by atoms with Crippen LogP contribution in [0, 0.1) is 0 Å². The molecule has 2 amide bonds. The van der Waals surface area contributed by atoms with Gasteiger partial charge in [0.1, 0.15) is 11.8 Å². The van der Waals surface area contributed by atoms with Crippen LogP contribution in [-0.4, -0.2) is 35.9 Å². The van der Waals surface area contributed by atoms with Crippen molar-refractivity contribution in [1.82, 2.24) is 10.2 Å². The molecule has 0 aromatic heterocycles. The molecule has 0 bridgehead atoms. The SMILES string of the molecule is CC[C@@H](C(=O)NC1CCCCC1)N(Cc1ccc(OC)cc1)C(=O)CCc1ccccc1. The van der Waals surface area contributed by atoms with E-state index >= 15 is 0 Å². The number of amides is 2. The molecule has 0 spiro atoms. The highest BCUT2D eigenvalue weighted by molar-refractivity contribution is 5.88. The summed E-state index contributed by atoms with van der Waals surface area (Å²) in [5, 5.41) is 3.23. The summed E-state index contributed by atoms with van der Waals surface area (Å²) in [5.41, 5.74) is 2.12. The summed E-state index contributed by atoms with van der Waals surface area (Å²) in [4.78, 5) is 28.4. The second-order valence-corrected chi connectivity index (χ2v) is 8.62. The van der Waals surface area contributed by atoms with Gasteiger partial charge in [0.2, 0.25) is 11.8 Å². The lowest BCUT2D eigenvalue weighted by molar-refractivity contribution is -0.141. The number of hydrogen-bond acceptors (Lipinski definition) is 3. The maximum absolute atomic E-state index is 13.4. The van der Waals surface area contributed by atoms with E-state index in [9.17, 15) is 9.59 Å². The van der Waals surface area contributed by atoms with E-state index in [1.807, 2.05) is 61.5 Å². The van der Waals surface area contributed by atoms with Gasteiger partial charge in [-0.1, -0.05) is 68.7 Å². The normalized spacial score (nSPS) is 15.1. The standard InChI is InChI=1S/C27H36N2O3/c1-3-25(27(31)28-23-12-8-5-9-13-23)29(20-22-14-17-24(32-2)18-15-22)26(30)19-16-21-10-6-4-7-11-21/h4,6-7,10-11,14-15,17-18,23,25H,3,5,8-9,12-13,16,19-20H2,1-2H3,(H,28,31)/t25-/m0/s1. The summed E-state index contributed by atoms with van der Waals surface area (Å²) in [6.45, 7) is 2.39. The first kappa shape index (κ1) is 23.8. The van der Waals surface area contributed by atoms with Gasteiger partial charge in [0.15, 0.2) is 0 Å². The van der Waals surface area contributed by atoms with Crippen molar-refractivity contribution >= 4 is 11.8 Å². The Labute approximate surface area is 192 Å². The maximum Gasteiger partial charge on any atom is 0.243 e. The lowest BCUT2D eigenvalue weighted by Crippen LogP contribution is -2.51. The zero-order valence-electron chi connectivity index (χ0n) is 19.4. The van der Waals surface area contributed by atoms with Crippen molar-refractivity contribution in [2.75, 3.05) is 7.11 Å². The van der Waals surface area contributed by atoms with E-state index in [1.54, 1.807) is 12.0 Å². The number of nitrogens with one attached hydrogen (secondary N) is 1. The monoisotopic (exact) mass is 436 g/mol. The largest absolute Gasteiger partial charge is 0.497 e. The molecule has 3 rings (SSSR count). The molecule has 0 aliphatic heterocycles. The van der Waals surface area contributed by atoms with Gasteiger partial charge in [0, 0.05) is 19.0 Å². The van der Waals surface area contributed by atoms with Gasteiger partial charge in [0.05, 0.1) is 7.11 Å². The minimum absolute atomic E-state index is 0.00955. The van der Waals surface area contributed by atoms with E-state index in [4.69, 9.17) is 4.74 Å². The minimum Gasteiger partial charge on any atom is -0.497 e. The van der Waals surface area contributed by atoms with E-state index in [1.165, 1.54) is 6.42 Å². The highest BCUT2D eigenvalue weighted by atomic mass is 16.5. The zero-order valence-corrected chi connectivity index (χ0v) is 19.4. The van der Waals surface area contributed by atoms with Crippen LogP contribution in [0.4, 0.5) is 0 Å². The molecule has 1 aliphatic carbocycles. The predicted octanol–water partition coefficient (Wildman–Crippen LogP) is 4.88. The van der Waals surface area contributed by atoms with Crippen LogP contribution in [0.25, 0.3) is 0 Å². The Kier molecular flexibility index (Phi) is 9.14. The molecule has 32 heavy (non-hydrogen) atoms. The molecule has 0 unspecified atom stereocenters. The smallest absolute Gasteiger partial charge is 0.243 e. The van der Waals surface area contributed by atoms with E-state index in [-0.39, 0.29) is 17.9 Å². The fourth-order valence-electron chi connectivity index (χ4n) is 4.43. The van der Waals surface area contributed by atoms with Gasteiger partial charge >= 0.3 is 0 Å². The van der Waals surface area contributed by atoms with Crippen LogP contribution in [-0.2, 0) is 22.6 Å². The summed E-state index contributed by atoms with van der Waals surface area (Å²) >= 11 is 0. The van der Waals surface area contributed by atoms with Gasteiger partial charge in [-0.05, 0) is 48.9 Å². The molecule has 2 aromatic carbocycles. The quantitative estimate of drug-likeness (QED) is 0.577. The Hall–Kier alpha value is -2.82. The average molecular weight is 437 g/mol. The number of rotatable bonds is 10. The van der Waals surface area contributed by atoms with Crippen molar-refractivity contribution in [3.63, 3.8) is 0 Å². The third-order valence-electron chi connectivity index (χ3n) is 6.32. The number of carbonyl (C=O) groups excluding carboxylic acids is 2. The molecule has 0 radical (unpaired) electrons. The van der Waals surface area contributed by atoms with Crippen LogP contribution >= 0.6 is 0 Å². The van der Waals surface area contributed by atoms with E-state index in [0.29, 0.717) is 25.8 Å². The van der Waals surface area contributed by atoms with Crippen molar-refractivity contribution in [3.05, 3.63) is 65.7 Å². The molecule has 2 aromatic rings. The maximum atomic E-state index is 13.4. The predicted molar refractivity (Wildman–Crippen MR) is 127 cm³/mol. The Morgan fingerprint density at radius 3 is 2.31 bits per heavy atom. The number of ether oxygens (including phenoxy) is 1. The van der Waals surface area contributed by atoms with E-state index < -0.39 is 6.04 Å². The molecule has 0 heterocycles. The summed E-state index contributed by atoms with van der Waals surface area (Å²) < 4.78 is 5.26. The topological polar surface area (TPSA) is 58.6 Å². The van der Waals surface area contributed by atoms with Crippen molar-refractivity contribution in [3.8, 4) is 5.75 Å². The second-order valence-electron chi connectivity index (χ2n) is 8.62. The van der Waals surface area contributed by atoms with Crippen molar-refractivity contribution in [2.45, 2.75) is 76.9 Å². The highest BCUT2D eigenvalue weighted by Crippen LogP contribution is 2.20. The van der Waals surface area contributed by atoms with Crippen LogP contribution in [0.3, 0.4) is 0 Å². The van der Waals surface area contributed by atoms with Gasteiger partial charge in [-0.2, -0.15) is 0 Å². The lowest BCUT2D eigenvalue weighted by atomic mass is 9.95. The first-order chi connectivity index (χ1) is 15.6. The molecule has 1 aliphatic rings. The van der Waals surface area contributed by atoms with Crippen molar-refractivity contribution in [1.29, 1.82) is 0 Å². The third-order valence-corrected chi connectivity index (χ3v) is 6.32. The molecule has 172 valence electrons. The Morgan fingerprint density at radius 1 is 1.00 bits per heavy atom. The summed E-state index contributed by atoms with van der Waals surface area (Å²) in [6, 6.07) is 17.5. The number of nitrogens with zero attached hydrogens (tertiary/aromatic N) is 1. The number of methoxy groups -OCH3 is 1. The molecule has 5 nitrogen and oxygen atoms in total. The second kappa shape index (κ2) is 12.3. The molecule has 0 saturated heterocycles. The zero-order chi connectivity index (χ0) is 22.8. The van der Waals surface area contributed by atoms with Crippen LogP contribution in [0.5, 0.6) is 5.75 Å². The fourth-order valence-corrected chi connectivity index (χ4v) is 4.43. The minimum atomic E-state index is -0.470. The van der Waals surface area contributed by atoms with E-state index in [0.717, 1.165) is 42.6 Å². The Bertz CT molecular complexity index is 845. The Morgan fingerprint density at radius 2 is 1.69 bits per heavy atom. The van der Waals surface area contributed by atoms with Gasteiger partial charge in [0.25, 0.3) is 0 Å². The fraction of sp³-hybridized carbons (Fsp3) is 0.481. The van der Waals surface area contributed by atoms with Gasteiger partial charge in [-0.25, -0.2) is 0 Å². The van der Waals surface area contributed by atoms with Gasteiger partial charge in [-0.3, -0.25) is 9.59 Å². The number of hydrogen-bond donors (Lipinski definition) is 1. The first-order valence-corrected chi connectivity index (χ1v) is 11.9. The van der Waals surface area contributed by atoms with E-state index in [2.05, 4.69) is 5.32 Å². The molecular weight excluding hydrogens is 400 g/mol. The highest BCUT2D eigenvalue weighted by Gasteiger charge is 2.30. The van der Waals surface area contributed by atoms with Gasteiger partial charge < -0.3 is 15.0 Å². The van der Waals surface area contributed by atoms with Gasteiger partial charge in [-0.15, -0.1) is 0 Å². The summed E-state index contributed by atoms with van der Waals surface area (Å²) in [6.07, 6.45) is 7.26. The van der Waals surface area contributed by atoms with Crippen molar-refractivity contribution < 1.29 is 14.3 Å². The molecule has 5 heteroatoms. The van der Waals surface area contributed by atoms with Crippen LogP contribution in [0.15, 0.2) is 54.6 Å². The number of aryl methyl sites for hydroxylation is 1. The lowest BCUT2D eigenvalue weighted by Gasteiger charge is -2.33.